The number of halogens is 1. The van der Waals surface area contributed by atoms with Crippen LogP contribution in [0.3, 0.4) is 0 Å². The van der Waals surface area contributed by atoms with Gasteiger partial charge in [-0.15, -0.1) is 22.7 Å². The molecule has 0 bridgehead atoms. The quantitative estimate of drug-likeness (QED) is 0.130. The smallest absolute Gasteiger partial charge is 0.423 e. The Labute approximate surface area is 639 Å². The van der Waals surface area contributed by atoms with Crippen molar-refractivity contribution in [1.82, 2.24) is 29.9 Å². The van der Waals surface area contributed by atoms with Crippen molar-refractivity contribution in [1.29, 1.82) is 0 Å². The third kappa shape index (κ3) is 12.3. The number of hydrogen-bond donors (Lipinski definition) is 2. The zero-order valence-electron chi connectivity index (χ0n) is 59.5. The number of hydrogen-bond acceptors (Lipinski definition) is 10. The molecule has 2 aliphatic carbocycles. The minimum absolute atomic E-state index is 0.0684. The summed E-state index contributed by atoms with van der Waals surface area (Å²) in [4.78, 5) is 28.9. The van der Waals surface area contributed by atoms with Gasteiger partial charge >= 0.3 is 7.12 Å². The van der Waals surface area contributed by atoms with Crippen LogP contribution < -0.4 is 5.46 Å². The van der Waals surface area contributed by atoms with Crippen molar-refractivity contribution < 1.29 is 10.0 Å². The lowest BCUT2D eigenvalue weighted by atomic mass is 9.80. The fourth-order valence-corrected chi connectivity index (χ4v) is 18.5. The van der Waals surface area contributed by atoms with Crippen LogP contribution in [0, 0.1) is 0 Å². The van der Waals surface area contributed by atoms with Crippen molar-refractivity contribution in [3.05, 3.63) is 355 Å². The summed E-state index contributed by atoms with van der Waals surface area (Å²) < 4.78 is 4.53. The summed E-state index contributed by atoms with van der Waals surface area (Å²) in [5, 5.41) is 24.3. The van der Waals surface area contributed by atoms with Gasteiger partial charge in [0.1, 0.15) is 0 Å². The van der Waals surface area contributed by atoms with Crippen LogP contribution >= 0.6 is 34.3 Å². The molecule has 0 radical (unpaired) electrons. The molecule has 516 valence electrons. The number of fused-ring (bicyclic) bond motifs is 12. The van der Waals surface area contributed by atoms with Gasteiger partial charge in [0, 0.05) is 73.6 Å². The Kier molecular flexibility index (Phi) is 17.5. The second-order valence-electron chi connectivity index (χ2n) is 28.4. The van der Waals surface area contributed by atoms with E-state index in [-0.39, 0.29) is 16.1 Å². The number of rotatable bonds is 10. The second kappa shape index (κ2) is 27.9. The van der Waals surface area contributed by atoms with Crippen LogP contribution in [0.2, 0.25) is 5.28 Å². The average Bonchev–Trinajstić information content (AvgIpc) is 1.59. The maximum absolute atomic E-state index is 9.73. The fourth-order valence-electron chi connectivity index (χ4n) is 15.7. The Bertz CT molecular complexity index is 6470. The highest BCUT2D eigenvalue weighted by molar-refractivity contribution is 7.27. The van der Waals surface area contributed by atoms with Crippen LogP contribution in [0.5, 0.6) is 0 Å². The second-order valence-corrected chi connectivity index (χ2v) is 30.8. The summed E-state index contributed by atoms with van der Waals surface area (Å²) in [5.41, 5.74) is 25.2. The third-order valence-corrected chi connectivity index (χ3v) is 24.0. The summed E-state index contributed by atoms with van der Waals surface area (Å²) in [6, 6.07) is 114. The molecule has 0 unspecified atom stereocenters. The lowest BCUT2D eigenvalue weighted by Gasteiger charge is -2.21. The maximum Gasteiger partial charge on any atom is 0.489 e. The summed E-state index contributed by atoms with van der Waals surface area (Å²) in [7, 11) is -1.47. The zero-order chi connectivity index (χ0) is 73.2. The third-order valence-electron chi connectivity index (χ3n) is 21.2. The van der Waals surface area contributed by atoms with Crippen molar-refractivity contribution in [2.45, 2.75) is 38.5 Å². The largest absolute Gasteiger partial charge is 0.489 e. The Morgan fingerprint density at radius 2 is 0.546 bits per heavy atom. The lowest BCUT2D eigenvalue weighted by molar-refractivity contribution is 0.426. The van der Waals surface area contributed by atoms with Gasteiger partial charge in [0.25, 0.3) is 0 Å². The molecular weight excluding hydrogens is 1380 g/mol. The predicted molar refractivity (Wildman–Crippen MR) is 451 cm³/mol. The number of nitrogens with zero attached hydrogens (tertiary/aromatic N) is 6. The van der Waals surface area contributed by atoms with Gasteiger partial charge < -0.3 is 10.0 Å². The number of thiophene rings is 2. The molecule has 2 aliphatic rings. The molecule has 0 aliphatic heterocycles. The van der Waals surface area contributed by atoms with E-state index in [1.54, 1.807) is 17.4 Å². The molecule has 12 heteroatoms. The van der Waals surface area contributed by atoms with Crippen LogP contribution in [0.25, 0.3) is 164 Å². The molecule has 18 aromatic rings. The summed E-state index contributed by atoms with van der Waals surface area (Å²) in [6.45, 7) is 9.14. The van der Waals surface area contributed by atoms with Gasteiger partial charge in [0.2, 0.25) is 5.28 Å². The van der Waals surface area contributed by atoms with Crippen LogP contribution in [0.15, 0.2) is 328 Å². The summed E-state index contributed by atoms with van der Waals surface area (Å²) in [6.07, 6.45) is 0. The molecule has 0 fully saturated rings. The molecule has 4 aromatic heterocycles. The van der Waals surface area contributed by atoms with Crippen molar-refractivity contribution >= 4 is 87.2 Å². The Hall–Kier alpha value is -12.2. The van der Waals surface area contributed by atoms with Gasteiger partial charge in [-0.3, -0.25) is 0 Å². The molecule has 0 atom stereocenters. The van der Waals surface area contributed by atoms with E-state index in [2.05, 4.69) is 285 Å². The predicted octanol–water partition coefficient (Wildman–Crippen LogP) is 24.1. The van der Waals surface area contributed by atoms with Gasteiger partial charge in [0.05, 0.1) is 0 Å². The van der Waals surface area contributed by atoms with Crippen molar-refractivity contribution in [3.8, 4) is 124 Å². The first-order valence-electron chi connectivity index (χ1n) is 36.1. The van der Waals surface area contributed by atoms with E-state index in [0.29, 0.717) is 34.6 Å². The van der Waals surface area contributed by atoms with Crippen LogP contribution in [-0.4, -0.2) is 47.1 Å². The first-order chi connectivity index (χ1) is 52.8. The van der Waals surface area contributed by atoms with Gasteiger partial charge in [0.15, 0.2) is 29.1 Å². The lowest BCUT2D eigenvalue weighted by Crippen LogP contribution is -2.29. The zero-order valence-corrected chi connectivity index (χ0v) is 61.9. The molecule has 0 saturated carbocycles. The Morgan fingerprint density at radius 3 is 0.991 bits per heavy atom. The summed E-state index contributed by atoms with van der Waals surface area (Å²) in [5.74, 6) is 3.20. The maximum atomic E-state index is 9.73. The highest BCUT2D eigenvalue weighted by Crippen LogP contribution is 2.52. The van der Waals surface area contributed by atoms with Gasteiger partial charge in [-0.05, 0) is 130 Å². The molecule has 0 amide bonds. The number of benzene rings is 14. The van der Waals surface area contributed by atoms with Crippen molar-refractivity contribution in [3.63, 3.8) is 0 Å². The topological polar surface area (TPSA) is 118 Å². The van der Waals surface area contributed by atoms with E-state index >= 15 is 0 Å². The molecule has 0 saturated heterocycles. The standard InChI is InChI=1S/C48H33N3S.C24H17BO2S.C24H18ClN3/c1-48(2)41-22-10-9-17-36(41)37-28-27-34(29-42(37)48)46-49-45(33-15-7-4-8-16-33)50-47(51-46)40-21-12-20-39-38-19-11-18-35(43(38)52-44(39)40)32-25-23-31(24-26-32)30-13-5-3-6-14-30;26-25(27)22-11-5-10-21-20-9-4-8-19(23(20)28-24(21)22)18-14-12-17(13-15-18)16-6-2-1-3-7-16;1-24(2)19-11-7-6-10-17(19)18-13-12-16(14-20(18)24)22-26-21(27-23(25)28-22)15-8-4-3-5-9-15/h3-29H,1-2H3;1-15,26-27H;3-14H,1-2H3. The van der Waals surface area contributed by atoms with E-state index in [4.69, 9.17) is 26.6 Å². The molecule has 2 N–H and O–H groups in total. The average molecular weight is 1450 g/mol. The van der Waals surface area contributed by atoms with Crippen molar-refractivity contribution in [2.75, 3.05) is 0 Å². The van der Waals surface area contributed by atoms with Crippen LogP contribution in [-0.2, 0) is 10.8 Å². The highest BCUT2D eigenvalue weighted by Gasteiger charge is 2.37. The van der Waals surface area contributed by atoms with Gasteiger partial charge in [-0.1, -0.05) is 337 Å². The SMILES string of the molecule is CC1(C)c2ccccc2-c2ccc(-c3nc(-c4ccccc4)nc(-c4cccc5c4sc4c(-c6ccc(-c7ccccc7)cc6)cccc45)n3)cc21.CC1(C)c2ccccc2-c2ccc(-c3nc(Cl)nc(-c4ccccc4)n3)cc21.OB(O)c1cccc2c1sc1c(-c3ccc(-c4ccccc4)cc3)cccc12. The van der Waals surface area contributed by atoms with E-state index in [9.17, 15) is 10.0 Å². The molecule has 108 heavy (non-hydrogen) atoms. The Balaban J connectivity index is 0.000000124. The minimum Gasteiger partial charge on any atom is -0.423 e. The molecule has 14 aromatic carbocycles. The monoisotopic (exact) mass is 1450 g/mol. The van der Waals surface area contributed by atoms with E-state index < -0.39 is 7.12 Å². The van der Waals surface area contributed by atoms with Crippen molar-refractivity contribution in [2.24, 2.45) is 0 Å². The minimum atomic E-state index is -1.47. The van der Waals surface area contributed by atoms with E-state index in [1.807, 2.05) is 90.2 Å². The van der Waals surface area contributed by atoms with E-state index in [1.165, 1.54) is 98.1 Å². The highest BCUT2D eigenvalue weighted by atomic mass is 35.5. The van der Waals surface area contributed by atoms with Gasteiger partial charge in [-0.2, -0.15) is 9.97 Å². The summed E-state index contributed by atoms with van der Waals surface area (Å²) >= 11 is 9.67. The normalized spacial score (nSPS) is 12.7. The molecular formula is C96H68BClN6O2S2. The Morgan fingerprint density at radius 1 is 0.250 bits per heavy atom. The van der Waals surface area contributed by atoms with Crippen LogP contribution in [0.1, 0.15) is 49.9 Å². The van der Waals surface area contributed by atoms with Crippen LogP contribution in [0.4, 0.5) is 0 Å². The van der Waals surface area contributed by atoms with E-state index in [0.717, 1.165) is 59.1 Å². The van der Waals surface area contributed by atoms with Gasteiger partial charge in [-0.25, -0.2) is 19.9 Å². The molecule has 4 heterocycles. The molecule has 8 nitrogen and oxygen atoms in total. The number of aromatic nitrogens is 6. The fraction of sp³-hybridized carbons (Fsp3) is 0.0625. The molecule has 0 spiro atoms. The first kappa shape index (κ1) is 67.7. The molecule has 20 rings (SSSR count). The first-order valence-corrected chi connectivity index (χ1v) is 38.1.